The van der Waals surface area contributed by atoms with Crippen LogP contribution in [0.25, 0.3) is 0 Å². The maximum atomic E-state index is 10.4. The second-order valence-electron chi connectivity index (χ2n) is 5.51. The van der Waals surface area contributed by atoms with E-state index in [1.165, 1.54) is 25.7 Å². The van der Waals surface area contributed by atoms with E-state index in [0.717, 1.165) is 24.2 Å². The molecule has 118 valence electrons. The number of thiocarbonyl (C=S) groups is 1. The van der Waals surface area contributed by atoms with Crippen LogP contribution in [0.4, 0.5) is 0 Å². The van der Waals surface area contributed by atoms with Gasteiger partial charge in [-0.3, -0.25) is 0 Å². The molecule has 0 radical (unpaired) electrons. The van der Waals surface area contributed by atoms with E-state index in [-0.39, 0.29) is 0 Å². The number of benzene rings is 1. The number of nitrogens with two attached hydrogens (primary N) is 1. The van der Waals surface area contributed by atoms with Crippen LogP contribution in [0.1, 0.15) is 56.8 Å². The van der Waals surface area contributed by atoms with Crippen molar-refractivity contribution < 1.29 is 5.11 Å². The predicted octanol–water partition coefficient (Wildman–Crippen LogP) is 3.26. The Hall–Kier alpha value is -0.970. The first kappa shape index (κ1) is 18.1. The summed E-state index contributed by atoms with van der Waals surface area (Å²) in [7, 11) is 0. The molecular weight excluding hydrogens is 280 g/mol. The molecule has 4 heteroatoms. The quantitative estimate of drug-likeness (QED) is 0.651. The summed E-state index contributed by atoms with van der Waals surface area (Å²) in [6.07, 6.45) is 4.26. The molecule has 0 bridgehead atoms. The molecule has 1 atom stereocenters. The van der Waals surface area contributed by atoms with Gasteiger partial charge in [-0.1, -0.05) is 63.2 Å². The molecule has 3 nitrogen and oxygen atoms in total. The Morgan fingerprint density at radius 2 is 1.67 bits per heavy atom. The first-order chi connectivity index (χ1) is 10.1. The van der Waals surface area contributed by atoms with Crippen molar-refractivity contribution in [3.05, 3.63) is 35.4 Å². The van der Waals surface area contributed by atoms with E-state index in [9.17, 15) is 5.11 Å². The minimum Gasteiger partial charge on any atom is -0.389 e. The van der Waals surface area contributed by atoms with Crippen LogP contribution in [0.2, 0.25) is 0 Å². The third-order valence-electron chi connectivity index (χ3n) is 3.67. The first-order valence-electron chi connectivity index (χ1n) is 7.88. The van der Waals surface area contributed by atoms with Crippen LogP contribution in [-0.4, -0.2) is 34.6 Å². The number of hydrogen-bond acceptors (Lipinski definition) is 3. The van der Waals surface area contributed by atoms with Gasteiger partial charge in [0.2, 0.25) is 0 Å². The maximum Gasteiger partial charge on any atom is 0.103 e. The minimum absolute atomic E-state index is 0.392. The van der Waals surface area contributed by atoms with E-state index >= 15 is 0 Å². The van der Waals surface area contributed by atoms with Gasteiger partial charge in [0, 0.05) is 12.1 Å². The molecular formula is C17H28N2OS. The van der Waals surface area contributed by atoms with Gasteiger partial charge in [-0.15, -0.1) is 0 Å². The SMILES string of the molecule is CCCCN(CCCC)CC(O)c1ccc(C(N)=S)cc1. The normalized spacial score (nSPS) is 12.6. The molecule has 0 aliphatic rings. The Balaban J connectivity index is 2.61. The summed E-state index contributed by atoms with van der Waals surface area (Å²) < 4.78 is 0. The fourth-order valence-corrected chi connectivity index (χ4v) is 2.41. The van der Waals surface area contributed by atoms with E-state index in [1.807, 2.05) is 24.3 Å². The monoisotopic (exact) mass is 308 g/mol. The van der Waals surface area contributed by atoms with Crippen molar-refractivity contribution in [3.8, 4) is 0 Å². The molecule has 1 unspecified atom stereocenters. The van der Waals surface area contributed by atoms with Crippen molar-refractivity contribution >= 4 is 17.2 Å². The van der Waals surface area contributed by atoms with Crippen molar-refractivity contribution in [2.45, 2.75) is 45.6 Å². The Labute approximate surface area is 134 Å². The Kier molecular flexibility index (Phi) is 8.50. The number of aliphatic hydroxyl groups is 1. The van der Waals surface area contributed by atoms with E-state index in [4.69, 9.17) is 18.0 Å². The van der Waals surface area contributed by atoms with Crippen molar-refractivity contribution in [3.63, 3.8) is 0 Å². The molecule has 0 amide bonds. The van der Waals surface area contributed by atoms with E-state index < -0.39 is 6.10 Å². The smallest absolute Gasteiger partial charge is 0.103 e. The molecule has 0 saturated carbocycles. The highest BCUT2D eigenvalue weighted by Crippen LogP contribution is 2.16. The van der Waals surface area contributed by atoms with Gasteiger partial charge < -0.3 is 15.7 Å². The number of nitrogens with zero attached hydrogens (tertiary/aromatic N) is 1. The van der Waals surface area contributed by atoms with Crippen LogP contribution >= 0.6 is 12.2 Å². The number of aliphatic hydroxyl groups excluding tert-OH is 1. The molecule has 0 saturated heterocycles. The highest BCUT2D eigenvalue weighted by Gasteiger charge is 2.13. The maximum absolute atomic E-state index is 10.4. The predicted molar refractivity (Wildman–Crippen MR) is 93.5 cm³/mol. The second kappa shape index (κ2) is 9.87. The van der Waals surface area contributed by atoms with Crippen molar-refractivity contribution in [2.24, 2.45) is 5.73 Å². The lowest BCUT2D eigenvalue weighted by molar-refractivity contribution is 0.111. The lowest BCUT2D eigenvalue weighted by Gasteiger charge is -2.25. The second-order valence-corrected chi connectivity index (χ2v) is 5.95. The third-order valence-corrected chi connectivity index (χ3v) is 3.90. The van der Waals surface area contributed by atoms with Gasteiger partial charge in [0.15, 0.2) is 0 Å². The van der Waals surface area contributed by atoms with Crippen molar-refractivity contribution in [1.29, 1.82) is 0 Å². The number of unbranched alkanes of at least 4 members (excludes halogenated alkanes) is 2. The van der Waals surface area contributed by atoms with E-state index in [0.29, 0.717) is 11.5 Å². The average molecular weight is 308 g/mol. The summed E-state index contributed by atoms with van der Waals surface area (Å²) in [5.41, 5.74) is 7.36. The third kappa shape index (κ3) is 6.55. The zero-order valence-corrected chi connectivity index (χ0v) is 14.0. The van der Waals surface area contributed by atoms with Gasteiger partial charge in [-0.2, -0.15) is 0 Å². The molecule has 0 aliphatic carbocycles. The van der Waals surface area contributed by atoms with E-state index in [2.05, 4.69) is 18.7 Å². The van der Waals surface area contributed by atoms with Crippen LogP contribution in [0.15, 0.2) is 24.3 Å². The minimum atomic E-state index is -0.459. The van der Waals surface area contributed by atoms with E-state index in [1.54, 1.807) is 0 Å². The van der Waals surface area contributed by atoms with Gasteiger partial charge in [0.05, 0.1) is 6.10 Å². The molecule has 0 fully saturated rings. The topological polar surface area (TPSA) is 49.5 Å². The molecule has 0 heterocycles. The molecule has 3 N–H and O–H groups in total. The molecule has 0 aliphatic heterocycles. The fourth-order valence-electron chi connectivity index (χ4n) is 2.28. The summed E-state index contributed by atoms with van der Waals surface area (Å²) >= 11 is 4.94. The van der Waals surface area contributed by atoms with Crippen LogP contribution in [0.3, 0.4) is 0 Å². The zero-order valence-electron chi connectivity index (χ0n) is 13.2. The largest absolute Gasteiger partial charge is 0.389 e. The summed E-state index contributed by atoms with van der Waals surface area (Å²) in [6.45, 7) is 7.19. The highest BCUT2D eigenvalue weighted by molar-refractivity contribution is 7.80. The molecule has 21 heavy (non-hydrogen) atoms. The lowest BCUT2D eigenvalue weighted by atomic mass is 10.1. The van der Waals surface area contributed by atoms with Gasteiger partial charge >= 0.3 is 0 Å². The highest BCUT2D eigenvalue weighted by atomic mass is 32.1. The molecule has 1 aromatic carbocycles. The van der Waals surface area contributed by atoms with Crippen LogP contribution < -0.4 is 5.73 Å². The Bertz CT molecular complexity index is 411. The van der Waals surface area contributed by atoms with Gasteiger partial charge in [0.25, 0.3) is 0 Å². The lowest BCUT2D eigenvalue weighted by Crippen LogP contribution is -2.30. The summed E-state index contributed by atoms with van der Waals surface area (Å²) in [5.74, 6) is 0. The number of rotatable bonds is 10. The molecule has 1 rings (SSSR count). The fraction of sp³-hybridized carbons (Fsp3) is 0.588. The Morgan fingerprint density at radius 3 is 2.10 bits per heavy atom. The van der Waals surface area contributed by atoms with Crippen LogP contribution in [0, 0.1) is 0 Å². The van der Waals surface area contributed by atoms with Gasteiger partial charge in [0.1, 0.15) is 4.99 Å². The van der Waals surface area contributed by atoms with Crippen molar-refractivity contribution in [2.75, 3.05) is 19.6 Å². The summed E-state index contributed by atoms with van der Waals surface area (Å²) in [4.78, 5) is 2.75. The summed E-state index contributed by atoms with van der Waals surface area (Å²) in [6, 6.07) is 7.58. The van der Waals surface area contributed by atoms with Crippen LogP contribution in [-0.2, 0) is 0 Å². The van der Waals surface area contributed by atoms with Crippen LogP contribution in [0.5, 0.6) is 0 Å². The standard InChI is InChI=1S/C17H28N2OS/c1-3-5-11-19(12-6-4-2)13-16(20)14-7-9-15(10-8-14)17(18)21/h7-10,16,20H,3-6,11-13H2,1-2H3,(H2,18,21). The van der Waals surface area contributed by atoms with Crippen molar-refractivity contribution in [1.82, 2.24) is 4.90 Å². The van der Waals surface area contributed by atoms with Gasteiger partial charge in [-0.05, 0) is 31.5 Å². The number of hydrogen-bond donors (Lipinski definition) is 2. The van der Waals surface area contributed by atoms with Gasteiger partial charge in [-0.25, -0.2) is 0 Å². The first-order valence-corrected chi connectivity index (χ1v) is 8.29. The molecule has 0 aromatic heterocycles. The Morgan fingerprint density at radius 1 is 1.14 bits per heavy atom. The summed E-state index contributed by atoms with van der Waals surface area (Å²) in [5, 5.41) is 10.4. The molecule has 1 aromatic rings. The zero-order chi connectivity index (χ0) is 15.7. The molecule has 0 spiro atoms. The average Bonchev–Trinajstić information content (AvgIpc) is 2.49.